The molecule has 0 spiro atoms. The van der Waals surface area contributed by atoms with Gasteiger partial charge in [0.1, 0.15) is 5.65 Å². The van der Waals surface area contributed by atoms with Gasteiger partial charge in [0.2, 0.25) is 0 Å². The molecule has 0 bridgehead atoms. The maximum absolute atomic E-state index is 5.88. The Kier molecular flexibility index (Phi) is 2.41. The topological polar surface area (TPSA) is 48.2 Å². The number of hydrogen-bond donors (Lipinski definition) is 1. The highest BCUT2D eigenvalue weighted by molar-refractivity contribution is 5.53. The largest absolute Gasteiger partial charge is 0.326 e. The van der Waals surface area contributed by atoms with Gasteiger partial charge in [-0.05, 0) is 12.8 Å². The second kappa shape index (κ2) is 3.94. The first-order valence-corrected chi connectivity index (χ1v) is 6.05. The summed E-state index contributed by atoms with van der Waals surface area (Å²) in [7, 11) is 0. The Labute approximate surface area is 100 Å². The molecule has 1 aliphatic rings. The number of nitrogens with two attached hydrogens (primary N) is 1. The lowest BCUT2D eigenvalue weighted by atomic mass is 9.81. The van der Waals surface area contributed by atoms with Gasteiger partial charge in [0.05, 0.1) is 12.2 Å². The Morgan fingerprint density at radius 1 is 1.47 bits per heavy atom. The van der Waals surface area contributed by atoms with E-state index in [1.165, 1.54) is 25.0 Å². The van der Waals surface area contributed by atoms with E-state index in [-0.39, 0.29) is 0 Å². The van der Waals surface area contributed by atoms with Crippen LogP contribution in [0.4, 0.5) is 0 Å². The van der Waals surface area contributed by atoms with Gasteiger partial charge in [0.25, 0.3) is 0 Å². The minimum Gasteiger partial charge on any atom is -0.326 e. The van der Waals surface area contributed by atoms with E-state index in [4.69, 9.17) is 12.2 Å². The molecule has 0 atom stereocenters. The zero-order chi connectivity index (χ0) is 11.8. The minimum atomic E-state index is 0.532. The van der Waals surface area contributed by atoms with Crippen molar-refractivity contribution in [1.82, 2.24) is 14.2 Å². The molecule has 2 N–H and O–H groups in total. The van der Waals surface area contributed by atoms with Gasteiger partial charge in [-0.2, -0.15) is 5.10 Å². The molecule has 0 aromatic carbocycles. The van der Waals surface area contributed by atoms with Gasteiger partial charge in [-0.3, -0.25) is 0 Å². The van der Waals surface area contributed by atoms with Crippen LogP contribution in [0.15, 0.2) is 12.4 Å². The molecule has 0 saturated heterocycles. The molecule has 0 amide bonds. The van der Waals surface area contributed by atoms with Gasteiger partial charge in [-0.1, -0.05) is 12.3 Å². The van der Waals surface area contributed by atoms with Gasteiger partial charge in [-0.15, -0.1) is 6.42 Å². The standard InChI is InChI=1S/C13H16N4/c1-2-6-16-7-8-17-13(16)11(9-14)12(15-17)10-4-3-5-10/h1,7-8,10H,3-6,9,14H2. The molecule has 1 fully saturated rings. The third-order valence-corrected chi connectivity index (χ3v) is 3.63. The van der Waals surface area contributed by atoms with E-state index >= 15 is 0 Å². The highest BCUT2D eigenvalue weighted by Crippen LogP contribution is 2.38. The zero-order valence-electron chi connectivity index (χ0n) is 9.76. The Balaban J connectivity index is 2.15. The second-order valence-electron chi connectivity index (χ2n) is 4.59. The van der Waals surface area contributed by atoms with E-state index in [0.717, 1.165) is 11.2 Å². The summed E-state index contributed by atoms with van der Waals surface area (Å²) in [6.45, 7) is 1.10. The average Bonchev–Trinajstić information content (AvgIpc) is 2.77. The molecule has 0 radical (unpaired) electrons. The Bertz CT molecular complexity index is 580. The quantitative estimate of drug-likeness (QED) is 0.809. The predicted molar refractivity (Wildman–Crippen MR) is 66.5 cm³/mol. The summed E-state index contributed by atoms with van der Waals surface area (Å²) in [5.41, 5.74) is 9.29. The van der Waals surface area contributed by atoms with Crippen molar-refractivity contribution in [2.45, 2.75) is 38.3 Å². The van der Waals surface area contributed by atoms with Crippen molar-refractivity contribution in [3.05, 3.63) is 23.7 Å². The first-order valence-electron chi connectivity index (χ1n) is 6.05. The van der Waals surface area contributed by atoms with E-state index < -0.39 is 0 Å². The van der Waals surface area contributed by atoms with Gasteiger partial charge < -0.3 is 10.3 Å². The maximum Gasteiger partial charge on any atom is 0.141 e. The monoisotopic (exact) mass is 228 g/mol. The number of rotatable bonds is 3. The fourth-order valence-corrected chi connectivity index (χ4v) is 2.53. The normalized spacial score (nSPS) is 16.0. The number of nitrogens with zero attached hydrogens (tertiary/aromatic N) is 3. The molecule has 3 rings (SSSR count). The van der Waals surface area contributed by atoms with Crippen LogP contribution in [-0.2, 0) is 13.1 Å². The van der Waals surface area contributed by atoms with E-state index in [0.29, 0.717) is 19.0 Å². The van der Waals surface area contributed by atoms with Crippen LogP contribution in [0.2, 0.25) is 0 Å². The van der Waals surface area contributed by atoms with Gasteiger partial charge in [-0.25, -0.2) is 4.52 Å². The van der Waals surface area contributed by atoms with Crippen LogP contribution in [0.1, 0.15) is 36.4 Å². The molecule has 17 heavy (non-hydrogen) atoms. The van der Waals surface area contributed by atoms with Crippen LogP contribution >= 0.6 is 0 Å². The number of terminal acetylenes is 1. The lowest BCUT2D eigenvalue weighted by Gasteiger charge is -2.24. The SMILES string of the molecule is C#CCn1ccn2nc(C3CCC3)c(CN)c12. The first-order chi connectivity index (χ1) is 8.35. The van der Waals surface area contributed by atoms with Crippen molar-refractivity contribution in [3.8, 4) is 12.3 Å². The first kappa shape index (κ1) is 10.4. The molecular formula is C13H16N4. The number of hydrogen-bond acceptors (Lipinski definition) is 2. The highest BCUT2D eigenvalue weighted by Gasteiger charge is 2.27. The number of fused-ring (bicyclic) bond motifs is 1. The molecule has 2 aromatic rings. The second-order valence-corrected chi connectivity index (χ2v) is 4.59. The summed E-state index contributed by atoms with van der Waals surface area (Å²) in [6.07, 6.45) is 13.1. The summed E-state index contributed by atoms with van der Waals surface area (Å²) in [4.78, 5) is 0. The summed E-state index contributed by atoms with van der Waals surface area (Å²) in [5.74, 6) is 3.27. The van der Waals surface area contributed by atoms with Crippen LogP contribution in [0.25, 0.3) is 5.65 Å². The predicted octanol–water partition coefficient (Wildman–Crippen LogP) is 1.50. The highest BCUT2D eigenvalue weighted by atomic mass is 15.3. The van der Waals surface area contributed by atoms with Crippen molar-refractivity contribution in [2.24, 2.45) is 5.73 Å². The van der Waals surface area contributed by atoms with Crippen molar-refractivity contribution in [2.75, 3.05) is 0 Å². The summed E-state index contributed by atoms with van der Waals surface area (Å²) >= 11 is 0. The van der Waals surface area contributed by atoms with Crippen molar-refractivity contribution >= 4 is 5.65 Å². The van der Waals surface area contributed by atoms with Crippen molar-refractivity contribution < 1.29 is 0 Å². The molecule has 2 heterocycles. The van der Waals surface area contributed by atoms with Crippen LogP contribution in [0.3, 0.4) is 0 Å². The molecule has 0 unspecified atom stereocenters. The fraction of sp³-hybridized carbons (Fsp3) is 0.462. The average molecular weight is 228 g/mol. The molecule has 0 aliphatic heterocycles. The Morgan fingerprint density at radius 2 is 2.29 bits per heavy atom. The van der Waals surface area contributed by atoms with Crippen LogP contribution < -0.4 is 5.73 Å². The summed E-state index contributed by atoms with van der Waals surface area (Å²) < 4.78 is 3.95. The van der Waals surface area contributed by atoms with Gasteiger partial charge in [0.15, 0.2) is 0 Å². The van der Waals surface area contributed by atoms with E-state index in [1.807, 2.05) is 21.5 Å². The van der Waals surface area contributed by atoms with Crippen molar-refractivity contribution in [1.29, 1.82) is 0 Å². The molecule has 2 aromatic heterocycles. The van der Waals surface area contributed by atoms with E-state index in [9.17, 15) is 0 Å². The lowest BCUT2D eigenvalue weighted by molar-refractivity contribution is 0.407. The maximum atomic E-state index is 5.88. The number of aromatic nitrogens is 3. The van der Waals surface area contributed by atoms with Crippen LogP contribution in [0.5, 0.6) is 0 Å². The molecule has 1 saturated carbocycles. The fourth-order valence-electron chi connectivity index (χ4n) is 2.53. The van der Waals surface area contributed by atoms with Gasteiger partial charge >= 0.3 is 0 Å². The Morgan fingerprint density at radius 3 is 2.88 bits per heavy atom. The van der Waals surface area contributed by atoms with Crippen LogP contribution in [-0.4, -0.2) is 14.2 Å². The smallest absolute Gasteiger partial charge is 0.141 e. The summed E-state index contributed by atoms with van der Waals surface area (Å²) in [5, 5.41) is 4.66. The zero-order valence-corrected chi connectivity index (χ0v) is 9.76. The molecule has 1 aliphatic carbocycles. The Hall–Kier alpha value is -1.73. The van der Waals surface area contributed by atoms with Gasteiger partial charge in [0, 0.05) is 30.4 Å². The third-order valence-electron chi connectivity index (χ3n) is 3.63. The number of imidazole rings is 1. The van der Waals surface area contributed by atoms with Crippen LogP contribution in [0, 0.1) is 12.3 Å². The lowest BCUT2D eigenvalue weighted by Crippen LogP contribution is -2.13. The van der Waals surface area contributed by atoms with E-state index in [2.05, 4.69) is 11.0 Å². The third kappa shape index (κ3) is 1.47. The van der Waals surface area contributed by atoms with E-state index in [1.54, 1.807) is 0 Å². The molecule has 4 nitrogen and oxygen atoms in total. The van der Waals surface area contributed by atoms with Crippen molar-refractivity contribution in [3.63, 3.8) is 0 Å². The molecule has 88 valence electrons. The molecular weight excluding hydrogens is 212 g/mol. The molecule has 4 heteroatoms. The minimum absolute atomic E-state index is 0.532. The summed E-state index contributed by atoms with van der Waals surface area (Å²) in [6, 6.07) is 0.